The van der Waals surface area contributed by atoms with Gasteiger partial charge in [-0.2, -0.15) is 0 Å². The fourth-order valence-electron chi connectivity index (χ4n) is 1.76. The van der Waals surface area contributed by atoms with E-state index in [1.54, 1.807) is 6.20 Å². The van der Waals surface area contributed by atoms with Crippen LogP contribution in [0.5, 0.6) is 0 Å². The minimum atomic E-state index is -0.0169. The third-order valence-electron chi connectivity index (χ3n) is 2.71. The average Bonchev–Trinajstić information content (AvgIpc) is 2.32. The van der Waals surface area contributed by atoms with Gasteiger partial charge in [0.15, 0.2) is 5.78 Å². The van der Waals surface area contributed by atoms with E-state index in [0.29, 0.717) is 28.5 Å². The predicted octanol–water partition coefficient (Wildman–Crippen LogP) is 3.23. The van der Waals surface area contributed by atoms with Crippen molar-refractivity contribution < 1.29 is 4.79 Å². The van der Waals surface area contributed by atoms with E-state index in [-0.39, 0.29) is 5.78 Å². The molecule has 0 radical (unpaired) electrons. The van der Waals surface area contributed by atoms with Gasteiger partial charge in [-0.05, 0) is 25.5 Å². The minimum Gasteiger partial charge on any atom is -0.294 e. The predicted molar refractivity (Wildman–Crippen MR) is 71.0 cm³/mol. The summed E-state index contributed by atoms with van der Waals surface area (Å²) in [6, 6.07) is 7.60. The lowest BCUT2D eigenvalue weighted by atomic mass is 10.1. The molecule has 1 heterocycles. The highest BCUT2D eigenvalue weighted by Gasteiger charge is 2.08. The number of aromatic nitrogens is 2. The summed E-state index contributed by atoms with van der Waals surface area (Å²) in [6.07, 6.45) is 2.15. The maximum Gasteiger partial charge on any atom is 0.163 e. The van der Waals surface area contributed by atoms with Crippen LogP contribution in [0.2, 0.25) is 5.02 Å². The van der Waals surface area contributed by atoms with Crippen molar-refractivity contribution in [3.63, 3.8) is 0 Å². The molecule has 3 nitrogen and oxygen atoms in total. The van der Waals surface area contributed by atoms with Crippen molar-refractivity contribution in [2.24, 2.45) is 0 Å². The lowest BCUT2D eigenvalue weighted by molar-refractivity contribution is 0.101. The Morgan fingerprint density at radius 1 is 1.33 bits per heavy atom. The Hall–Kier alpha value is -1.74. The molecule has 0 atom stereocenters. The number of hydrogen-bond acceptors (Lipinski definition) is 3. The van der Waals surface area contributed by atoms with Crippen LogP contribution in [0.15, 0.2) is 30.5 Å². The first-order valence-electron chi connectivity index (χ1n) is 5.65. The van der Waals surface area contributed by atoms with Gasteiger partial charge < -0.3 is 0 Å². The normalized spacial score (nSPS) is 10.4. The van der Waals surface area contributed by atoms with Crippen LogP contribution in [0.25, 0.3) is 0 Å². The number of carbonyl (C=O) groups is 1. The van der Waals surface area contributed by atoms with Crippen LogP contribution < -0.4 is 0 Å². The summed E-state index contributed by atoms with van der Waals surface area (Å²) in [5, 5.41) is 0.703. The van der Waals surface area contributed by atoms with E-state index < -0.39 is 0 Å². The number of carbonyl (C=O) groups excluding carboxylic acids is 1. The molecule has 2 aromatic rings. The monoisotopic (exact) mass is 260 g/mol. The smallest absolute Gasteiger partial charge is 0.163 e. The molecule has 18 heavy (non-hydrogen) atoms. The van der Waals surface area contributed by atoms with E-state index in [9.17, 15) is 4.79 Å². The van der Waals surface area contributed by atoms with Gasteiger partial charge in [-0.25, -0.2) is 9.97 Å². The highest BCUT2D eigenvalue weighted by molar-refractivity contribution is 6.31. The zero-order valence-electron chi connectivity index (χ0n) is 10.3. The quantitative estimate of drug-likeness (QED) is 0.796. The van der Waals surface area contributed by atoms with Crippen molar-refractivity contribution in [2.75, 3.05) is 0 Å². The molecule has 0 amide bonds. The van der Waals surface area contributed by atoms with E-state index in [2.05, 4.69) is 9.97 Å². The zero-order chi connectivity index (χ0) is 13.1. The number of halogens is 1. The van der Waals surface area contributed by atoms with Crippen LogP contribution in [0.4, 0.5) is 0 Å². The Balaban J connectivity index is 2.29. The second-order valence-corrected chi connectivity index (χ2v) is 4.52. The Labute approximate surface area is 111 Å². The molecule has 0 aliphatic carbocycles. The third kappa shape index (κ3) is 2.74. The maximum absolute atomic E-state index is 11.3. The van der Waals surface area contributed by atoms with Crippen LogP contribution in [-0.4, -0.2) is 15.8 Å². The van der Waals surface area contributed by atoms with Gasteiger partial charge in [0.2, 0.25) is 0 Å². The molecule has 0 fully saturated rings. The summed E-state index contributed by atoms with van der Waals surface area (Å²) in [4.78, 5) is 19.8. The van der Waals surface area contributed by atoms with Gasteiger partial charge in [-0.1, -0.05) is 29.8 Å². The van der Waals surface area contributed by atoms with E-state index in [4.69, 9.17) is 11.6 Å². The third-order valence-corrected chi connectivity index (χ3v) is 3.08. The summed E-state index contributed by atoms with van der Waals surface area (Å²) < 4.78 is 0. The molecule has 0 saturated carbocycles. The van der Waals surface area contributed by atoms with Crippen molar-refractivity contribution in [1.82, 2.24) is 9.97 Å². The van der Waals surface area contributed by atoms with Gasteiger partial charge in [0, 0.05) is 17.6 Å². The van der Waals surface area contributed by atoms with E-state index in [0.717, 1.165) is 5.56 Å². The molecule has 0 bridgehead atoms. The molecular formula is C14H13ClN2O. The van der Waals surface area contributed by atoms with Gasteiger partial charge in [0.1, 0.15) is 5.82 Å². The summed E-state index contributed by atoms with van der Waals surface area (Å²) in [5.41, 5.74) is 2.26. The molecule has 92 valence electrons. The summed E-state index contributed by atoms with van der Waals surface area (Å²) >= 11 is 6.09. The Morgan fingerprint density at radius 2 is 2.06 bits per heavy atom. The molecule has 0 saturated heterocycles. The molecule has 0 spiro atoms. The second-order valence-electron chi connectivity index (χ2n) is 4.11. The summed E-state index contributed by atoms with van der Waals surface area (Å²) in [7, 11) is 0. The van der Waals surface area contributed by atoms with Gasteiger partial charge in [0.05, 0.1) is 11.3 Å². The molecule has 0 aliphatic rings. The Bertz CT molecular complexity index is 596. The fourth-order valence-corrected chi connectivity index (χ4v) is 1.96. The molecule has 0 aliphatic heterocycles. The molecular weight excluding hydrogens is 248 g/mol. The van der Waals surface area contributed by atoms with Gasteiger partial charge in [-0.3, -0.25) is 4.79 Å². The molecule has 0 unspecified atom stereocenters. The Kier molecular flexibility index (Phi) is 3.72. The average molecular weight is 261 g/mol. The number of benzene rings is 1. The molecule has 2 rings (SSSR count). The number of aryl methyl sites for hydroxylation is 1. The lowest BCUT2D eigenvalue weighted by Gasteiger charge is -2.05. The van der Waals surface area contributed by atoms with Crippen LogP contribution in [0, 0.1) is 6.92 Å². The zero-order valence-corrected chi connectivity index (χ0v) is 11.0. The highest BCUT2D eigenvalue weighted by Crippen LogP contribution is 2.17. The molecule has 0 N–H and O–H groups in total. The summed E-state index contributed by atoms with van der Waals surface area (Å²) in [6.45, 7) is 3.33. The van der Waals surface area contributed by atoms with Crippen molar-refractivity contribution >= 4 is 17.4 Å². The van der Waals surface area contributed by atoms with Crippen LogP contribution in [0.1, 0.15) is 34.4 Å². The van der Waals surface area contributed by atoms with Crippen molar-refractivity contribution in [3.8, 4) is 0 Å². The molecule has 4 heteroatoms. The van der Waals surface area contributed by atoms with Gasteiger partial charge >= 0.3 is 0 Å². The molecule has 1 aromatic carbocycles. The van der Waals surface area contributed by atoms with E-state index in [1.807, 2.05) is 31.2 Å². The lowest BCUT2D eigenvalue weighted by Crippen LogP contribution is -2.05. The second kappa shape index (κ2) is 5.27. The largest absolute Gasteiger partial charge is 0.294 e. The van der Waals surface area contributed by atoms with Crippen molar-refractivity contribution in [2.45, 2.75) is 20.3 Å². The number of hydrogen-bond donors (Lipinski definition) is 0. The standard InChI is InChI=1S/C14H13ClN2O/c1-9-12(10(2)18)8-16-14(17-9)7-11-5-3-4-6-13(11)15/h3-6,8H,7H2,1-2H3. The Morgan fingerprint density at radius 3 is 2.67 bits per heavy atom. The van der Waals surface area contributed by atoms with Gasteiger partial charge in [0.25, 0.3) is 0 Å². The molecule has 1 aromatic heterocycles. The minimum absolute atomic E-state index is 0.0169. The number of nitrogens with zero attached hydrogens (tertiary/aromatic N) is 2. The van der Waals surface area contributed by atoms with Crippen LogP contribution in [-0.2, 0) is 6.42 Å². The summed E-state index contributed by atoms with van der Waals surface area (Å²) in [5.74, 6) is 0.655. The maximum atomic E-state index is 11.3. The SMILES string of the molecule is CC(=O)c1cnc(Cc2ccccc2Cl)nc1C. The van der Waals surface area contributed by atoms with Crippen molar-refractivity contribution in [1.29, 1.82) is 0 Å². The first-order valence-corrected chi connectivity index (χ1v) is 6.02. The van der Waals surface area contributed by atoms with Crippen LogP contribution in [0.3, 0.4) is 0 Å². The first kappa shape index (κ1) is 12.7. The fraction of sp³-hybridized carbons (Fsp3) is 0.214. The van der Waals surface area contributed by atoms with Crippen molar-refractivity contribution in [3.05, 3.63) is 58.1 Å². The van der Waals surface area contributed by atoms with Gasteiger partial charge in [-0.15, -0.1) is 0 Å². The number of Topliss-reactive ketones (excluding diaryl/α,β-unsaturated/α-hetero) is 1. The first-order chi connectivity index (χ1) is 8.58. The number of rotatable bonds is 3. The number of ketones is 1. The highest BCUT2D eigenvalue weighted by atomic mass is 35.5. The van der Waals surface area contributed by atoms with E-state index in [1.165, 1.54) is 6.92 Å². The topological polar surface area (TPSA) is 42.9 Å². The van der Waals surface area contributed by atoms with Crippen LogP contribution >= 0.6 is 11.6 Å². The van der Waals surface area contributed by atoms with E-state index >= 15 is 0 Å².